The molecule has 0 amide bonds. The Morgan fingerprint density at radius 3 is 2.81 bits per heavy atom. The molecular weight excluding hydrogens is 346 g/mol. The van der Waals surface area contributed by atoms with Gasteiger partial charge in [-0.3, -0.25) is 10.1 Å². The zero-order valence-corrected chi connectivity index (χ0v) is 12.8. The van der Waals surface area contributed by atoms with E-state index in [1.165, 1.54) is 13.0 Å². The van der Waals surface area contributed by atoms with Crippen molar-refractivity contribution >= 4 is 21.6 Å². The Balaban J connectivity index is 2.37. The molecule has 1 aromatic heterocycles. The predicted molar refractivity (Wildman–Crippen MR) is 74.8 cm³/mol. The first-order valence-electron chi connectivity index (χ1n) is 5.96. The highest BCUT2D eigenvalue weighted by molar-refractivity contribution is 9.10. The Kier molecular flexibility index (Phi) is 4.53. The van der Waals surface area contributed by atoms with Gasteiger partial charge in [0.2, 0.25) is 17.5 Å². The van der Waals surface area contributed by atoms with Gasteiger partial charge in [-0.2, -0.15) is 4.98 Å². The number of nitro benzene ring substituents is 1. The Bertz CT molecular complexity index is 671. The second-order valence-corrected chi connectivity index (χ2v) is 5.21. The van der Waals surface area contributed by atoms with Crippen LogP contribution in [0.1, 0.15) is 30.3 Å². The molecular formula is C12H12BrN3O5. The minimum atomic E-state index is -0.928. The van der Waals surface area contributed by atoms with Crippen LogP contribution < -0.4 is 4.74 Å². The summed E-state index contributed by atoms with van der Waals surface area (Å²) in [5.74, 6) is 0.622. The van der Waals surface area contributed by atoms with E-state index >= 15 is 0 Å². The maximum Gasteiger partial charge on any atom is 0.312 e. The standard InChI is InChI=1S/C12H12BrN3O5/c1-6(17)9-3-8(13)4-10(16(18)19)12(9)20-5-11-14-7(2)21-15-11/h3-4,6,17H,5H2,1-2H3/t6-/m1/s1. The fourth-order valence-electron chi connectivity index (χ4n) is 1.74. The van der Waals surface area contributed by atoms with Gasteiger partial charge in [0.1, 0.15) is 0 Å². The normalized spacial score (nSPS) is 12.2. The van der Waals surface area contributed by atoms with E-state index in [9.17, 15) is 15.2 Å². The highest BCUT2D eigenvalue weighted by Crippen LogP contribution is 2.38. The lowest BCUT2D eigenvalue weighted by Crippen LogP contribution is -2.05. The molecule has 0 unspecified atom stereocenters. The van der Waals surface area contributed by atoms with Crippen molar-refractivity contribution < 1.29 is 19.3 Å². The topological polar surface area (TPSA) is 112 Å². The summed E-state index contributed by atoms with van der Waals surface area (Å²) in [5, 5.41) is 24.5. The zero-order valence-electron chi connectivity index (χ0n) is 11.2. The van der Waals surface area contributed by atoms with Crippen molar-refractivity contribution in [1.29, 1.82) is 0 Å². The molecule has 0 fully saturated rings. The van der Waals surface area contributed by atoms with Gasteiger partial charge < -0.3 is 14.4 Å². The Hall–Kier alpha value is -2.00. The SMILES string of the molecule is Cc1nc(COc2c([C@@H](C)O)cc(Br)cc2[N+](=O)[O-])no1. The molecule has 8 nitrogen and oxygen atoms in total. The van der Waals surface area contributed by atoms with E-state index in [2.05, 4.69) is 26.1 Å². The van der Waals surface area contributed by atoms with E-state index in [1.54, 1.807) is 13.0 Å². The summed E-state index contributed by atoms with van der Waals surface area (Å²) in [4.78, 5) is 14.5. The number of aromatic nitrogens is 2. The predicted octanol–water partition coefficient (Wildman–Crippen LogP) is 2.68. The Labute approximate surface area is 128 Å². The van der Waals surface area contributed by atoms with Crippen LogP contribution in [0.4, 0.5) is 5.69 Å². The molecule has 2 rings (SSSR count). The Morgan fingerprint density at radius 2 is 2.29 bits per heavy atom. The summed E-state index contributed by atoms with van der Waals surface area (Å²) < 4.78 is 10.7. The molecule has 1 aromatic carbocycles. The fourth-order valence-corrected chi connectivity index (χ4v) is 2.20. The van der Waals surface area contributed by atoms with Gasteiger partial charge in [0.05, 0.1) is 11.0 Å². The number of rotatable bonds is 5. The van der Waals surface area contributed by atoms with E-state index in [1.807, 2.05) is 0 Å². The van der Waals surface area contributed by atoms with Crippen molar-refractivity contribution in [3.8, 4) is 5.75 Å². The van der Waals surface area contributed by atoms with Gasteiger partial charge in [0, 0.05) is 23.0 Å². The van der Waals surface area contributed by atoms with E-state index in [0.29, 0.717) is 15.9 Å². The van der Waals surface area contributed by atoms with Crippen LogP contribution in [0.5, 0.6) is 5.75 Å². The number of nitrogens with zero attached hydrogens (tertiary/aromatic N) is 3. The van der Waals surface area contributed by atoms with Crippen LogP contribution in [-0.4, -0.2) is 20.2 Å². The average molecular weight is 358 g/mol. The third-order valence-electron chi connectivity index (χ3n) is 2.62. The van der Waals surface area contributed by atoms with Crippen molar-refractivity contribution in [3.63, 3.8) is 0 Å². The molecule has 1 atom stereocenters. The highest BCUT2D eigenvalue weighted by atomic mass is 79.9. The first-order valence-corrected chi connectivity index (χ1v) is 6.75. The Morgan fingerprint density at radius 1 is 1.57 bits per heavy atom. The van der Waals surface area contributed by atoms with Crippen molar-refractivity contribution in [3.05, 3.63) is 44.0 Å². The summed E-state index contributed by atoms with van der Waals surface area (Å²) in [7, 11) is 0. The van der Waals surface area contributed by atoms with Crippen LogP contribution in [0, 0.1) is 17.0 Å². The van der Waals surface area contributed by atoms with Gasteiger partial charge in [0.25, 0.3) is 0 Å². The minimum absolute atomic E-state index is 0.0133. The molecule has 0 aliphatic rings. The molecule has 9 heteroatoms. The van der Waals surface area contributed by atoms with Crippen molar-refractivity contribution in [2.75, 3.05) is 0 Å². The third-order valence-corrected chi connectivity index (χ3v) is 3.08. The lowest BCUT2D eigenvalue weighted by molar-refractivity contribution is -0.386. The van der Waals surface area contributed by atoms with Gasteiger partial charge in [-0.05, 0) is 13.0 Å². The second kappa shape index (κ2) is 6.19. The van der Waals surface area contributed by atoms with Crippen LogP contribution in [-0.2, 0) is 6.61 Å². The summed E-state index contributed by atoms with van der Waals surface area (Å²) in [6.45, 7) is 3.02. The molecule has 0 saturated carbocycles. The molecule has 0 aliphatic carbocycles. The fraction of sp³-hybridized carbons (Fsp3) is 0.333. The maximum absolute atomic E-state index is 11.1. The largest absolute Gasteiger partial charge is 0.478 e. The number of aliphatic hydroxyl groups is 1. The number of nitro groups is 1. The number of aliphatic hydroxyl groups excluding tert-OH is 1. The molecule has 0 radical (unpaired) electrons. The van der Waals surface area contributed by atoms with Crippen molar-refractivity contribution in [2.24, 2.45) is 0 Å². The number of benzene rings is 1. The molecule has 21 heavy (non-hydrogen) atoms. The molecule has 2 aromatic rings. The highest BCUT2D eigenvalue weighted by Gasteiger charge is 2.23. The van der Waals surface area contributed by atoms with E-state index in [-0.39, 0.29) is 23.9 Å². The summed E-state index contributed by atoms with van der Waals surface area (Å²) in [6, 6.07) is 2.87. The average Bonchev–Trinajstić information content (AvgIpc) is 2.81. The number of hydrogen-bond donors (Lipinski definition) is 1. The summed E-state index contributed by atoms with van der Waals surface area (Å²) in [5.41, 5.74) is 0.0526. The molecule has 0 spiro atoms. The molecule has 112 valence electrons. The first kappa shape index (κ1) is 15.4. The van der Waals surface area contributed by atoms with Crippen LogP contribution in [0.25, 0.3) is 0 Å². The minimum Gasteiger partial charge on any atom is -0.478 e. The molecule has 1 heterocycles. The van der Waals surface area contributed by atoms with Crippen molar-refractivity contribution in [2.45, 2.75) is 26.6 Å². The van der Waals surface area contributed by atoms with Crippen LogP contribution >= 0.6 is 15.9 Å². The van der Waals surface area contributed by atoms with Crippen LogP contribution in [0.3, 0.4) is 0 Å². The van der Waals surface area contributed by atoms with Crippen LogP contribution in [0.15, 0.2) is 21.1 Å². The maximum atomic E-state index is 11.1. The number of aryl methyl sites for hydroxylation is 1. The molecule has 1 N–H and O–H groups in total. The summed E-state index contributed by atoms with van der Waals surface area (Å²) >= 11 is 3.17. The van der Waals surface area contributed by atoms with E-state index in [0.717, 1.165) is 0 Å². The molecule has 0 aliphatic heterocycles. The second-order valence-electron chi connectivity index (χ2n) is 4.29. The molecule has 0 saturated heterocycles. The third kappa shape index (κ3) is 3.56. The monoisotopic (exact) mass is 357 g/mol. The smallest absolute Gasteiger partial charge is 0.312 e. The number of halogens is 1. The van der Waals surface area contributed by atoms with Gasteiger partial charge in [0.15, 0.2) is 6.61 Å². The van der Waals surface area contributed by atoms with Gasteiger partial charge in [-0.25, -0.2) is 0 Å². The zero-order chi connectivity index (χ0) is 15.6. The van der Waals surface area contributed by atoms with E-state index in [4.69, 9.17) is 9.26 Å². The molecule has 0 bridgehead atoms. The van der Waals surface area contributed by atoms with Gasteiger partial charge in [-0.15, -0.1) is 0 Å². The number of hydrogen-bond acceptors (Lipinski definition) is 7. The van der Waals surface area contributed by atoms with Crippen molar-refractivity contribution in [1.82, 2.24) is 10.1 Å². The lowest BCUT2D eigenvalue weighted by atomic mass is 10.1. The quantitative estimate of drug-likeness (QED) is 0.646. The van der Waals surface area contributed by atoms with Gasteiger partial charge in [-0.1, -0.05) is 21.1 Å². The van der Waals surface area contributed by atoms with Crippen LogP contribution in [0.2, 0.25) is 0 Å². The summed E-state index contributed by atoms with van der Waals surface area (Å²) in [6.07, 6.45) is -0.928. The number of ether oxygens (including phenoxy) is 1. The van der Waals surface area contributed by atoms with E-state index < -0.39 is 11.0 Å². The van der Waals surface area contributed by atoms with Gasteiger partial charge >= 0.3 is 5.69 Å². The first-order chi connectivity index (χ1) is 9.88. The lowest BCUT2D eigenvalue weighted by Gasteiger charge is -2.13.